The molecule has 0 bridgehead atoms. The fourth-order valence-corrected chi connectivity index (χ4v) is 2.02. The summed E-state index contributed by atoms with van der Waals surface area (Å²) >= 11 is 0. The number of amidine groups is 1. The van der Waals surface area contributed by atoms with Gasteiger partial charge in [0.05, 0.1) is 6.61 Å². The Balaban J connectivity index is 2.34. The zero-order chi connectivity index (χ0) is 12.2. The van der Waals surface area contributed by atoms with Gasteiger partial charge in [-0.2, -0.15) is 0 Å². The van der Waals surface area contributed by atoms with Crippen LogP contribution in [0, 0.1) is 10.8 Å². The van der Waals surface area contributed by atoms with Crippen molar-refractivity contribution in [3.8, 4) is 0 Å². The molecule has 0 aromatic rings. The van der Waals surface area contributed by atoms with Crippen LogP contribution in [0.1, 0.15) is 52.9 Å². The van der Waals surface area contributed by atoms with Crippen molar-refractivity contribution in [3.05, 3.63) is 0 Å². The maximum Gasteiger partial charge on any atom is 0.284 e. The standard InChI is InChI=1S/C13H26N2O/c1-13(2,3)10-16-12(14)15(4)11-8-6-5-7-9-11/h11,14H,5-10H2,1-4H3. The molecule has 1 rings (SSSR count). The minimum atomic E-state index is 0.125. The van der Waals surface area contributed by atoms with Gasteiger partial charge in [0, 0.05) is 13.1 Å². The highest BCUT2D eigenvalue weighted by Gasteiger charge is 2.22. The third kappa shape index (κ3) is 4.42. The molecule has 94 valence electrons. The summed E-state index contributed by atoms with van der Waals surface area (Å²) in [6.45, 7) is 6.99. The van der Waals surface area contributed by atoms with Crippen LogP contribution < -0.4 is 0 Å². The van der Waals surface area contributed by atoms with Crippen molar-refractivity contribution < 1.29 is 4.74 Å². The Morgan fingerprint density at radius 2 is 1.81 bits per heavy atom. The van der Waals surface area contributed by atoms with E-state index in [1.54, 1.807) is 0 Å². The SMILES string of the molecule is CN(C(=N)OCC(C)(C)C)C1CCCCC1. The number of ether oxygens (including phenoxy) is 1. The molecule has 0 saturated heterocycles. The minimum absolute atomic E-state index is 0.125. The van der Waals surface area contributed by atoms with Gasteiger partial charge in [0.15, 0.2) is 0 Å². The second-order valence-electron chi connectivity index (χ2n) is 6.06. The average molecular weight is 226 g/mol. The molecule has 1 fully saturated rings. The van der Waals surface area contributed by atoms with Crippen molar-refractivity contribution in [2.75, 3.05) is 13.7 Å². The van der Waals surface area contributed by atoms with E-state index in [2.05, 4.69) is 20.8 Å². The normalized spacial score (nSPS) is 18.2. The van der Waals surface area contributed by atoms with E-state index in [9.17, 15) is 0 Å². The molecule has 3 heteroatoms. The van der Waals surface area contributed by atoms with Crippen LogP contribution in [-0.2, 0) is 4.74 Å². The number of hydrogen-bond donors (Lipinski definition) is 1. The molecular formula is C13H26N2O. The van der Waals surface area contributed by atoms with Crippen molar-refractivity contribution in [3.63, 3.8) is 0 Å². The Bertz CT molecular complexity index is 227. The molecule has 0 aliphatic heterocycles. The van der Waals surface area contributed by atoms with Gasteiger partial charge in [-0.1, -0.05) is 40.0 Å². The van der Waals surface area contributed by atoms with Gasteiger partial charge in [0.25, 0.3) is 6.02 Å². The van der Waals surface area contributed by atoms with E-state index in [-0.39, 0.29) is 5.41 Å². The quantitative estimate of drug-likeness (QED) is 0.579. The predicted octanol–water partition coefficient (Wildman–Crippen LogP) is 3.25. The molecule has 1 aliphatic carbocycles. The second-order valence-corrected chi connectivity index (χ2v) is 6.06. The van der Waals surface area contributed by atoms with Crippen LogP contribution in [0.5, 0.6) is 0 Å². The smallest absolute Gasteiger partial charge is 0.284 e. The van der Waals surface area contributed by atoms with E-state index in [0.29, 0.717) is 18.7 Å². The van der Waals surface area contributed by atoms with Crippen molar-refractivity contribution in [1.29, 1.82) is 5.41 Å². The van der Waals surface area contributed by atoms with Crippen LogP contribution in [0.4, 0.5) is 0 Å². The maximum absolute atomic E-state index is 7.91. The molecule has 0 aromatic carbocycles. The number of hydrogen-bond acceptors (Lipinski definition) is 2. The van der Waals surface area contributed by atoms with E-state index < -0.39 is 0 Å². The molecule has 16 heavy (non-hydrogen) atoms. The van der Waals surface area contributed by atoms with Crippen molar-refractivity contribution >= 4 is 6.02 Å². The highest BCUT2D eigenvalue weighted by Crippen LogP contribution is 2.22. The summed E-state index contributed by atoms with van der Waals surface area (Å²) in [4.78, 5) is 2.00. The number of nitrogens with one attached hydrogen (secondary N) is 1. The summed E-state index contributed by atoms with van der Waals surface area (Å²) in [5.74, 6) is 0. The largest absolute Gasteiger partial charge is 0.465 e. The highest BCUT2D eigenvalue weighted by atomic mass is 16.5. The summed E-state index contributed by atoms with van der Waals surface area (Å²) in [7, 11) is 1.99. The summed E-state index contributed by atoms with van der Waals surface area (Å²) in [6.07, 6.45) is 6.35. The molecule has 0 radical (unpaired) electrons. The van der Waals surface area contributed by atoms with Gasteiger partial charge in [-0.25, -0.2) is 0 Å². The van der Waals surface area contributed by atoms with E-state index in [1.165, 1.54) is 32.1 Å². The summed E-state index contributed by atoms with van der Waals surface area (Å²) in [5.41, 5.74) is 0.125. The molecule has 0 unspecified atom stereocenters. The van der Waals surface area contributed by atoms with Gasteiger partial charge in [-0.15, -0.1) is 0 Å². The molecular weight excluding hydrogens is 200 g/mol. The van der Waals surface area contributed by atoms with Crippen molar-refractivity contribution in [2.24, 2.45) is 5.41 Å². The van der Waals surface area contributed by atoms with E-state index in [1.807, 2.05) is 11.9 Å². The van der Waals surface area contributed by atoms with Gasteiger partial charge in [-0.05, 0) is 18.3 Å². The first kappa shape index (κ1) is 13.3. The molecule has 3 nitrogen and oxygen atoms in total. The highest BCUT2D eigenvalue weighted by molar-refractivity contribution is 5.70. The zero-order valence-corrected chi connectivity index (χ0v) is 11.2. The Morgan fingerprint density at radius 3 is 2.31 bits per heavy atom. The number of rotatable bonds is 2. The first-order valence-electron chi connectivity index (χ1n) is 6.34. The third-order valence-electron chi connectivity index (χ3n) is 3.08. The summed E-state index contributed by atoms with van der Waals surface area (Å²) in [5, 5.41) is 7.91. The predicted molar refractivity (Wildman–Crippen MR) is 67.8 cm³/mol. The fourth-order valence-electron chi connectivity index (χ4n) is 2.02. The topological polar surface area (TPSA) is 36.3 Å². The Morgan fingerprint density at radius 1 is 1.25 bits per heavy atom. The fraction of sp³-hybridized carbons (Fsp3) is 0.923. The number of nitrogens with zero attached hydrogens (tertiary/aromatic N) is 1. The van der Waals surface area contributed by atoms with Crippen LogP contribution in [-0.4, -0.2) is 30.6 Å². The Hall–Kier alpha value is -0.730. The van der Waals surface area contributed by atoms with Gasteiger partial charge in [-0.3, -0.25) is 5.41 Å². The van der Waals surface area contributed by atoms with Crippen LogP contribution in [0.15, 0.2) is 0 Å². The molecule has 0 heterocycles. The van der Waals surface area contributed by atoms with E-state index >= 15 is 0 Å². The molecule has 1 saturated carbocycles. The molecule has 1 N–H and O–H groups in total. The minimum Gasteiger partial charge on any atom is -0.465 e. The van der Waals surface area contributed by atoms with E-state index in [4.69, 9.17) is 10.1 Å². The molecule has 0 atom stereocenters. The second kappa shape index (κ2) is 5.55. The Labute approximate surface area is 99.7 Å². The monoisotopic (exact) mass is 226 g/mol. The van der Waals surface area contributed by atoms with Gasteiger partial charge in [0.1, 0.15) is 0 Å². The van der Waals surface area contributed by atoms with Crippen LogP contribution in [0.3, 0.4) is 0 Å². The maximum atomic E-state index is 7.91. The Kier molecular flexibility index (Phi) is 4.63. The van der Waals surface area contributed by atoms with Crippen LogP contribution in [0.2, 0.25) is 0 Å². The van der Waals surface area contributed by atoms with Crippen molar-refractivity contribution in [1.82, 2.24) is 4.90 Å². The van der Waals surface area contributed by atoms with Gasteiger partial charge in [0.2, 0.25) is 0 Å². The summed E-state index contributed by atoms with van der Waals surface area (Å²) < 4.78 is 5.53. The van der Waals surface area contributed by atoms with Crippen LogP contribution in [0.25, 0.3) is 0 Å². The van der Waals surface area contributed by atoms with Crippen LogP contribution >= 0.6 is 0 Å². The lowest BCUT2D eigenvalue weighted by atomic mass is 9.95. The first-order valence-corrected chi connectivity index (χ1v) is 6.34. The summed E-state index contributed by atoms with van der Waals surface area (Å²) in [6, 6.07) is 0.850. The molecule has 0 aromatic heterocycles. The average Bonchev–Trinajstić information content (AvgIpc) is 2.25. The zero-order valence-electron chi connectivity index (χ0n) is 11.2. The van der Waals surface area contributed by atoms with Gasteiger partial charge >= 0.3 is 0 Å². The lowest BCUT2D eigenvalue weighted by molar-refractivity contribution is 0.138. The molecule has 1 aliphatic rings. The van der Waals surface area contributed by atoms with Gasteiger partial charge < -0.3 is 9.64 Å². The molecule has 0 amide bonds. The molecule has 0 spiro atoms. The lowest BCUT2D eigenvalue weighted by Crippen LogP contribution is -2.40. The van der Waals surface area contributed by atoms with Crippen molar-refractivity contribution in [2.45, 2.75) is 58.9 Å². The first-order chi connectivity index (χ1) is 7.40. The third-order valence-corrected chi connectivity index (χ3v) is 3.08. The lowest BCUT2D eigenvalue weighted by Gasteiger charge is -2.33. The van der Waals surface area contributed by atoms with E-state index in [0.717, 1.165) is 0 Å².